The molecule has 0 saturated carbocycles. The van der Waals surface area contributed by atoms with Gasteiger partial charge in [-0.15, -0.1) is 0 Å². The van der Waals surface area contributed by atoms with Crippen LogP contribution in [0.15, 0.2) is 58.6 Å². The van der Waals surface area contributed by atoms with Gasteiger partial charge in [0, 0.05) is 6.20 Å². The molecule has 3 rings (SSSR count). The van der Waals surface area contributed by atoms with Gasteiger partial charge in [-0.1, -0.05) is 13.3 Å². The summed E-state index contributed by atoms with van der Waals surface area (Å²) in [7, 11) is -5.56. The molecule has 0 spiro atoms. The summed E-state index contributed by atoms with van der Waals surface area (Å²) in [6.07, 6.45) is 4.72. The zero-order valence-electron chi connectivity index (χ0n) is 18.3. The number of sulfone groups is 1. The van der Waals surface area contributed by atoms with E-state index in [1.807, 2.05) is 6.92 Å². The number of halogens is 3. The van der Waals surface area contributed by atoms with E-state index in [0.717, 1.165) is 33.9 Å². The van der Waals surface area contributed by atoms with Crippen LogP contribution in [0.25, 0.3) is 5.69 Å². The molecule has 0 fully saturated rings. The van der Waals surface area contributed by atoms with Crippen LogP contribution in [0.1, 0.15) is 25.3 Å². The van der Waals surface area contributed by atoms with E-state index >= 15 is 0 Å². The quantitative estimate of drug-likeness (QED) is 0.440. The second-order valence-corrected chi connectivity index (χ2v) is 9.26. The highest BCUT2D eigenvalue weighted by Gasteiger charge is 2.46. The van der Waals surface area contributed by atoms with Gasteiger partial charge in [0.15, 0.2) is 0 Å². The third-order valence-corrected chi connectivity index (χ3v) is 6.37. The molecule has 2 heterocycles. The van der Waals surface area contributed by atoms with E-state index in [1.165, 1.54) is 12.4 Å². The van der Waals surface area contributed by atoms with Crippen LogP contribution in [0, 0.1) is 0 Å². The molecule has 14 heteroatoms. The molecule has 0 aliphatic rings. The fraction of sp³-hybridized carbons (Fsp3) is 0.286. The Morgan fingerprint density at radius 1 is 1.20 bits per heavy atom. The maximum atomic E-state index is 12.9. The monoisotopic (exact) mass is 514 g/mol. The number of unbranched alkanes of at least 4 members (excludes halogenated alkanes) is 1. The summed E-state index contributed by atoms with van der Waals surface area (Å²) in [5.41, 5.74) is -5.56. The standard InChI is InChI=1S/C21H21F3N4O6S/c1-2-3-10-34-19(30)26-17-11-25-9-8-14(17)12-27-13-18(29)28(20(27)31)15-4-6-16(7-5-15)35(32,33)21(22,23)24/h4-9,11,13,29H,2-3,10,12H2,1H3,(H,26,30). The number of rotatable bonds is 8. The number of hydrogen-bond donors (Lipinski definition) is 2. The molecule has 0 saturated heterocycles. The minimum Gasteiger partial charge on any atom is -0.493 e. The highest BCUT2D eigenvalue weighted by Crippen LogP contribution is 2.30. The molecular weight excluding hydrogens is 493 g/mol. The van der Waals surface area contributed by atoms with Crippen LogP contribution in [0.4, 0.5) is 23.7 Å². The van der Waals surface area contributed by atoms with Gasteiger partial charge in [-0.3, -0.25) is 14.9 Å². The fourth-order valence-corrected chi connectivity index (χ4v) is 3.82. The van der Waals surface area contributed by atoms with Gasteiger partial charge in [0.2, 0.25) is 5.88 Å². The molecule has 10 nitrogen and oxygen atoms in total. The molecule has 188 valence electrons. The summed E-state index contributed by atoms with van der Waals surface area (Å²) >= 11 is 0. The molecule has 0 bridgehead atoms. The first-order valence-electron chi connectivity index (χ1n) is 10.2. The van der Waals surface area contributed by atoms with Crippen LogP contribution in [0.2, 0.25) is 0 Å². The maximum Gasteiger partial charge on any atom is 0.501 e. The second kappa shape index (κ2) is 10.2. The topological polar surface area (TPSA) is 133 Å². The molecule has 1 amide bonds. The number of nitrogens with zero attached hydrogens (tertiary/aromatic N) is 3. The second-order valence-electron chi connectivity index (χ2n) is 7.32. The highest BCUT2D eigenvalue weighted by molar-refractivity contribution is 7.92. The molecule has 2 N–H and O–H groups in total. The van der Waals surface area contributed by atoms with Crippen molar-refractivity contribution in [1.29, 1.82) is 0 Å². The van der Waals surface area contributed by atoms with Gasteiger partial charge in [0.05, 0.1) is 41.8 Å². The number of anilines is 1. The van der Waals surface area contributed by atoms with E-state index in [-0.39, 0.29) is 24.5 Å². The largest absolute Gasteiger partial charge is 0.501 e. The number of ether oxygens (including phenoxy) is 1. The summed E-state index contributed by atoms with van der Waals surface area (Å²) in [5, 5.41) is 12.8. The summed E-state index contributed by atoms with van der Waals surface area (Å²) in [6.45, 7) is 2.07. The number of aromatic nitrogens is 3. The number of alkyl halides is 3. The SMILES string of the molecule is CCCCOC(=O)Nc1cnccc1Cn1cc(O)n(-c2ccc(S(=O)(=O)C(F)(F)F)cc2)c1=O. The molecule has 2 aromatic heterocycles. The minimum absolute atomic E-state index is 0.0556. The lowest BCUT2D eigenvalue weighted by atomic mass is 10.2. The number of hydrogen-bond acceptors (Lipinski definition) is 7. The van der Waals surface area contributed by atoms with Crippen molar-refractivity contribution in [3.8, 4) is 11.6 Å². The first kappa shape index (κ1) is 25.8. The fourth-order valence-electron chi connectivity index (χ4n) is 3.06. The summed E-state index contributed by atoms with van der Waals surface area (Å²) in [6, 6.07) is 4.86. The zero-order valence-corrected chi connectivity index (χ0v) is 19.1. The van der Waals surface area contributed by atoms with Gasteiger partial charge in [-0.25, -0.2) is 22.6 Å². The van der Waals surface area contributed by atoms with E-state index in [2.05, 4.69) is 10.3 Å². The van der Waals surface area contributed by atoms with Crippen molar-refractivity contribution in [2.75, 3.05) is 11.9 Å². The molecule has 0 atom stereocenters. The van der Waals surface area contributed by atoms with Crippen LogP contribution in [0.3, 0.4) is 0 Å². The predicted molar refractivity (Wildman–Crippen MR) is 118 cm³/mol. The summed E-state index contributed by atoms with van der Waals surface area (Å²) in [5.74, 6) is -0.538. The Hall–Kier alpha value is -3.81. The molecule has 0 aliphatic heterocycles. The maximum absolute atomic E-state index is 12.9. The van der Waals surface area contributed by atoms with Crippen LogP contribution in [0.5, 0.6) is 5.88 Å². The number of imidazole rings is 1. The van der Waals surface area contributed by atoms with E-state index < -0.39 is 37.9 Å². The van der Waals surface area contributed by atoms with E-state index in [9.17, 15) is 36.3 Å². The van der Waals surface area contributed by atoms with Crippen molar-refractivity contribution < 1.29 is 36.2 Å². The Morgan fingerprint density at radius 3 is 2.51 bits per heavy atom. The normalized spacial score (nSPS) is 11.9. The predicted octanol–water partition coefficient (Wildman–Crippen LogP) is 3.43. The lowest BCUT2D eigenvalue weighted by Crippen LogP contribution is -2.25. The summed E-state index contributed by atoms with van der Waals surface area (Å²) in [4.78, 5) is 27.8. The van der Waals surface area contributed by atoms with Gasteiger partial charge < -0.3 is 9.84 Å². The van der Waals surface area contributed by atoms with Gasteiger partial charge in [0.25, 0.3) is 9.84 Å². The number of amides is 1. The van der Waals surface area contributed by atoms with Crippen LogP contribution >= 0.6 is 0 Å². The van der Waals surface area contributed by atoms with Crippen LogP contribution in [-0.2, 0) is 21.1 Å². The number of pyridine rings is 1. The Morgan fingerprint density at radius 2 is 1.89 bits per heavy atom. The van der Waals surface area contributed by atoms with Gasteiger partial charge in [0.1, 0.15) is 0 Å². The number of benzene rings is 1. The third-order valence-electron chi connectivity index (χ3n) is 4.87. The molecule has 0 unspecified atom stereocenters. The average molecular weight is 514 g/mol. The lowest BCUT2D eigenvalue weighted by molar-refractivity contribution is -0.0436. The first-order valence-corrected chi connectivity index (χ1v) is 11.7. The van der Waals surface area contributed by atoms with E-state index in [4.69, 9.17) is 4.74 Å². The van der Waals surface area contributed by atoms with Crippen molar-refractivity contribution in [1.82, 2.24) is 14.1 Å². The first-order chi connectivity index (χ1) is 16.5. The van der Waals surface area contributed by atoms with Gasteiger partial charge in [-0.05, 0) is 42.3 Å². The van der Waals surface area contributed by atoms with E-state index in [0.29, 0.717) is 24.1 Å². The number of carbonyl (C=O) groups is 1. The smallest absolute Gasteiger partial charge is 0.493 e. The van der Waals surface area contributed by atoms with Crippen molar-refractivity contribution in [2.24, 2.45) is 0 Å². The van der Waals surface area contributed by atoms with Crippen molar-refractivity contribution in [2.45, 2.75) is 36.7 Å². The molecule has 1 aromatic carbocycles. The van der Waals surface area contributed by atoms with Crippen LogP contribution in [-0.4, -0.2) is 45.9 Å². The number of carbonyl (C=O) groups excluding carboxylic acids is 1. The number of nitrogens with one attached hydrogen (secondary N) is 1. The zero-order chi connectivity index (χ0) is 25.8. The number of aromatic hydroxyl groups is 1. The van der Waals surface area contributed by atoms with Crippen molar-refractivity contribution in [3.63, 3.8) is 0 Å². The van der Waals surface area contributed by atoms with Crippen LogP contribution < -0.4 is 11.0 Å². The van der Waals surface area contributed by atoms with Crippen molar-refractivity contribution >= 4 is 21.6 Å². The Balaban J connectivity index is 1.86. The Kier molecular flexibility index (Phi) is 7.53. The minimum atomic E-state index is -5.56. The van der Waals surface area contributed by atoms with Gasteiger partial charge in [-0.2, -0.15) is 13.2 Å². The van der Waals surface area contributed by atoms with Crippen molar-refractivity contribution in [3.05, 3.63) is 65.0 Å². The van der Waals surface area contributed by atoms with Gasteiger partial charge >= 0.3 is 17.3 Å². The average Bonchev–Trinajstić information content (AvgIpc) is 3.07. The molecule has 3 aromatic rings. The molecule has 0 radical (unpaired) electrons. The molecule has 0 aliphatic carbocycles. The third kappa shape index (κ3) is 5.65. The Bertz CT molecular complexity index is 1360. The highest BCUT2D eigenvalue weighted by atomic mass is 32.2. The Labute approximate surface area is 197 Å². The van der Waals surface area contributed by atoms with E-state index in [1.54, 1.807) is 6.07 Å². The molecule has 35 heavy (non-hydrogen) atoms. The molecular formula is C21H21F3N4O6S. The summed E-state index contributed by atoms with van der Waals surface area (Å²) < 4.78 is 68.2. The lowest BCUT2D eigenvalue weighted by Gasteiger charge is -2.11.